The molecule has 4 rings (SSSR count). The molecule has 0 aromatic heterocycles. The lowest BCUT2D eigenvalue weighted by molar-refractivity contribution is -0.142. The van der Waals surface area contributed by atoms with Crippen LogP contribution in [0.5, 0.6) is 0 Å². The average Bonchev–Trinajstić information content (AvgIpc) is 3.22. The summed E-state index contributed by atoms with van der Waals surface area (Å²) < 4.78 is 5.03. The maximum atomic E-state index is 11.7. The van der Waals surface area contributed by atoms with E-state index < -0.39 is 0 Å². The van der Waals surface area contributed by atoms with Crippen LogP contribution in [0.2, 0.25) is 0 Å². The van der Waals surface area contributed by atoms with Crippen molar-refractivity contribution < 1.29 is 9.53 Å². The third-order valence-electron chi connectivity index (χ3n) is 5.92. The summed E-state index contributed by atoms with van der Waals surface area (Å²) in [6.07, 6.45) is 1.46. The summed E-state index contributed by atoms with van der Waals surface area (Å²) in [5, 5.41) is 6.45. The molecule has 1 N–H and O–H groups in total. The van der Waals surface area contributed by atoms with E-state index in [4.69, 9.17) is 4.74 Å². The number of nitrogens with one attached hydrogen (secondary N) is 1. The molecular weight excluding hydrogens is 372 g/mol. The lowest BCUT2D eigenvalue weighted by atomic mass is 9.99. The highest BCUT2D eigenvalue weighted by molar-refractivity contribution is 5.86. The topological polar surface area (TPSA) is 41.6 Å². The molecule has 3 aromatic rings. The molecule has 0 saturated carbocycles. The second kappa shape index (κ2) is 9.31. The van der Waals surface area contributed by atoms with E-state index in [1.54, 1.807) is 0 Å². The van der Waals surface area contributed by atoms with Crippen molar-refractivity contribution in [3.05, 3.63) is 77.9 Å². The third-order valence-corrected chi connectivity index (χ3v) is 5.92. The summed E-state index contributed by atoms with van der Waals surface area (Å²) in [4.78, 5) is 14.1. The number of fused-ring (bicyclic) bond motifs is 1. The van der Waals surface area contributed by atoms with Gasteiger partial charge in [0.05, 0.1) is 13.0 Å². The quantitative estimate of drug-likeness (QED) is 0.572. The molecule has 1 aliphatic rings. The highest BCUT2D eigenvalue weighted by Gasteiger charge is 2.24. The first-order chi connectivity index (χ1) is 14.6. The number of benzene rings is 3. The summed E-state index contributed by atoms with van der Waals surface area (Å²) in [7, 11) is 0. The van der Waals surface area contributed by atoms with Crippen LogP contribution in [0.15, 0.2) is 66.7 Å². The van der Waals surface area contributed by atoms with Gasteiger partial charge in [-0.1, -0.05) is 54.6 Å². The molecule has 1 aliphatic heterocycles. The Balaban J connectivity index is 1.37. The van der Waals surface area contributed by atoms with Crippen molar-refractivity contribution in [2.45, 2.75) is 38.8 Å². The van der Waals surface area contributed by atoms with Gasteiger partial charge >= 0.3 is 5.97 Å². The van der Waals surface area contributed by atoms with Gasteiger partial charge in [-0.05, 0) is 54.3 Å². The molecule has 3 aromatic carbocycles. The van der Waals surface area contributed by atoms with E-state index in [2.05, 4.69) is 71.7 Å². The zero-order chi connectivity index (χ0) is 20.9. The monoisotopic (exact) mass is 402 g/mol. The van der Waals surface area contributed by atoms with Gasteiger partial charge in [-0.3, -0.25) is 4.79 Å². The number of nitrogens with zero attached hydrogens (tertiary/aromatic N) is 1. The normalized spacial score (nSPS) is 17.3. The third kappa shape index (κ3) is 4.65. The molecule has 0 bridgehead atoms. The van der Waals surface area contributed by atoms with Gasteiger partial charge in [0.2, 0.25) is 0 Å². The molecule has 30 heavy (non-hydrogen) atoms. The highest BCUT2D eigenvalue weighted by Crippen LogP contribution is 2.27. The Hall–Kier alpha value is -2.85. The number of hydrogen-bond donors (Lipinski definition) is 1. The molecule has 0 radical (unpaired) electrons. The van der Waals surface area contributed by atoms with Crippen LogP contribution in [0.1, 0.15) is 37.4 Å². The Morgan fingerprint density at radius 2 is 1.87 bits per heavy atom. The van der Waals surface area contributed by atoms with Crippen LogP contribution in [0, 0.1) is 0 Å². The molecular formula is C26H30N2O2. The summed E-state index contributed by atoms with van der Waals surface area (Å²) in [6.45, 7) is 6.55. The predicted octanol–water partition coefficient (Wildman–Crippen LogP) is 4.87. The van der Waals surface area contributed by atoms with Gasteiger partial charge in [0.15, 0.2) is 0 Å². The van der Waals surface area contributed by atoms with Gasteiger partial charge in [-0.25, -0.2) is 0 Å². The Bertz CT molecular complexity index is 994. The standard InChI is InChI=1S/C26H30N2O2/c1-3-30-26(29)17-20-11-13-23(14-12-20)28-16-15-22(18-28)27-19(2)24-10-6-8-21-7-4-5-9-25(21)24/h4-14,19,22,27H,3,15-18H2,1-2H3. The number of rotatable bonds is 7. The minimum atomic E-state index is -0.168. The summed E-state index contributed by atoms with van der Waals surface area (Å²) in [5.74, 6) is -0.168. The molecule has 4 nitrogen and oxygen atoms in total. The summed E-state index contributed by atoms with van der Waals surface area (Å²) in [6, 6.07) is 24.2. The predicted molar refractivity (Wildman–Crippen MR) is 123 cm³/mol. The number of hydrogen-bond acceptors (Lipinski definition) is 4. The molecule has 1 heterocycles. The van der Waals surface area contributed by atoms with Crippen molar-refractivity contribution in [1.82, 2.24) is 5.32 Å². The minimum absolute atomic E-state index is 0.168. The fourth-order valence-electron chi connectivity index (χ4n) is 4.41. The second-order valence-corrected chi connectivity index (χ2v) is 8.04. The zero-order valence-electron chi connectivity index (χ0n) is 17.8. The molecule has 156 valence electrons. The van der Waals surface area contributed by atoms with E-state index in [-0.39, 0.29) is 5.97 Å². The molecule has 2 atom stereocenters. The maximum Gasteiger partial charge on any atom is 0.310 e. The van der Waals surface area contributed by atoms with E-state index in [0.717, 1.165) is 25.1 Å². The Morgan fingerprint density at radius 1 is 1.10 bits per heavy atom. The van der Waals surface area contributed by atoms with Crippen molar-refractivity contribution in [2.75, 3.05) is 24.6 Å². The van der Waals surface area contributed by atoms with Crippen LogP contribution in [0.25, 0.3) is 10.8 Å². The SMILES string of the molecule is CCOC(=O)Cc1ccc(N2CCC(NC(C)c3cccc4ccccc34)C2)cc1. The molecule has 1 fully saturated rings. The van der Waals surface area contributed by atoms with E-state index in [1.165, 1.54) is 22.0 Å². The average molecular weight is 403 g/mol. The molecule has 0 spiro atoms. The van der Waals surface area contributed by atoms with E-state index in [1.807, 2.05) is 19.1 Å². The van der Waals surface area contributed by atoms with Gasteiger partial charge in [0.1, 0.15) is 0 Å². The van der Waals surface area contributed by atoms with Crippen LogP contribution >= 0.6 is 0 Å². The van der Waals surface area contributed by atoms with Crippen LogP contribution in [0.3, 0.4) is 0 Å². The van der Waals surface area contributed by atoms with Crippen molar-refractivity contribution in [1.29, 1.82) is 0 Å². The van der Waals surface area contributed by atoms with Crippen LogP contribution in [0.4, 0.5) is 5.69 Å². The number of esters is 1. The summed E-state index contributed by atoms with van der Waals surface area (Å²) >= 11 is 0. The van der Waals surface area contributed by atoms with Gasteiger partial charge in [0, 0.05) is 30.9 Å². The van der Waals surface area contributed by atoms with Crippen LogP contribution in [-0.2, 0) is 16.0 Å². The zero-order valence-corrected chi connectivity index (χ0v) is 17.8. The number of carbonyl (C=O) groups excluding carboxylic acids is 1. The Kier molecular flexibility index (Phi) is 6.34. The molecule has 1 saturated heterocycles. The second-order valence-electron chi connectivity index (χ2n) is 8.04. The van der Waals surface area contributed by atoms with Crippen molar-refractivity contribution >= 4 is 22.4 Å². The lowest BCUT2D eigenvalue weighted by Gasteiger charge is -2.23. The first kappa shape index (κ1) is 20.4. The van der Waals surface area contributed by atoms with E-state index >= 15 is 0 Å². The molecule has 0 amide bonds. The molecule has 4 heteroatoms. The smallest absolute Gasteiger partial charge is 0.310 e. The number of ether oxygens (including phenoxy) is 1. The fraction of sp³-hybridized carbons (Fsp3) is 0.346. The number of anilines is 1. The van der Waals surface area contributed by atoms with Gasteiger partial charge in [-0.2, -0.15) is 0 Å². The molecule has 0 aliphatic carbocycles. The Morgan fingerprint density at radius 3 is 2.67 bits per heavy atom. The van der Waals surface area contributed by atoms with Gasteiger partial charge < -0.3 is 15.0 Å². The summed E-state index contributed by atoms with van der Waals surface area (Å²) in [5.41, 5.74) is 3.57. The largest absolute Gasteiger partial charge is 0.466 e. The Labute approximate surface area is 178 Å². The van der Waals surface area contributed by atoms with E-state index in [0.29, 0.717) is 25.1 Å². The van der Waals surface area contributed by atoms with Crippen LogP contribution < -0.4 is 10.2 Å². The van der Waals surface area contributed by atoms with Gasteiger partial charge in [-0.15, -0.1) is 0 Å². The van der Waals surface area contributed by atoms with Gasteiger partial charge in [0.25, 0.3) is 0 Å². The minimum Gasteiger partial charge on any atom is -0.466 e. The van der Waals surface area contributed by atoms with E-state index in [9.17, 15) is 4.79 Å². The maximum absolute atomic E-state index is 11.7. The first-order valence-corrected chi connectivity index (χ1v) is 10.9. The van der Waals surface area contributed by atoms with Crippen molar-refractivity contribution in [3.8, 4) is 0 Å². The van der Waals surface area contributed by atoms with Crippen LogP contribution in [-0.4, -0.2) is 31.7 Å². The highest BCUT2D eigenvalue weighted by atomic mass is 16.5. The first-order valence-electron chi connectivity index (χ1n) is 10.9. The lowest BCUT2D eigenvalue weighted by Crippen LogP contribution is -2.34. The van der Waals surface area contributed by atoms with Crippen molar-refractivity contribution in [3.63, 3.8) is 0 Å². The van der Waals surface area contributed by atoms with Crippen molar-refractivity contribution in [2.24, 2.45) is 0 Å². The number of carbonyl (C=O) groups is 1. The fourth-order valence-corrected chi connectivity index (χ4v) is 4.41. The molecule has 2 unspecified atom stereocenters.